The second-order valence-corrected chi connectivity index (χ2v) is 5.77. The highest BCUT2D eigenvalue weighted by molar-refractivity contribution is 5.79. The van der Waals surface area contributed by atoms with Crippen LogP contribution in [0.3, 0.4) is 0 Å². The quantitative estimate of drug-likeness (QED) is 0.871. The van der Waals surface area contributed by atoms with Gasteiger partial charge in [-0.2, -0.15) is 0 Å². The van der Waals surface area contributed by atoms with E-state index in [2.05, 4.69) is 4.98 Å². The van der Waals surface area contributed by atoms with E-state index in [-0.39, 0.29) is 17.9 Å². The van der Waals surface area contributed by atoms with Gasteiger partial charge in [0.1, 0.15) is 12.3 Å². The molecule has 0 radical (unpaired) electrons. The highest BCUT2D eigenvalue weighted by Gasteiger charge is 2.20. The van der Waals surface area contributed by atoms with Gasteiger partial charge in [0.15, 0.2) is 5.82 Å². The highest BCUT2D eigenvalue weighted by Crippen LogP contribution is 2.08. The number of hydrogen-bond donors (Lipinski definition) is 1. The average Bonchev–Trinajstić information content (AvgIpc) is 2.96. The maximum absolute atomic E-state index is 12.6. The molecular formula is C16H20N3O2+. The van der Waals surface area contributed by atoms with E-state index in [0.29, 0.717) is 11.9 Å². The van der Waals surface area contributed by atoms with E-state index in [1.165, 1.54) is 24.7 Å². The summed E-state index contributed by atoms with van der Waals surface area (Å²) in [4.78, 5) is 30.2. The van der Waals surface area contributed by atoms with E-state index in [1.54, 1.807) is 10.6 Å². The van der Waals surface area contributed by atoms with Crippen LogP contribution >= 0.6 is 0 Å². The Morgan fingerprint density at radius 2 is 2.00 bits per heavy atom. The number of nitrogens with one attached hydrogen (secondary N) is 1. The number of ketones is 1. The summed E-state index contributed by atoms with van der Waals surface area (Å²) in [6.45, 7) is 4.56. The van der Waals surface area contributed by atoms with E-state index in [4.69, 9.17) is 0 Å². The highest BCUT2D eigenvalue weighted by atomic mass is 16.1. The summed E-state index contributed by atoms with van der Waals surface area (Å²) < 4.78 is 1.55. The summed E-state index contributed by atoms with van der Waals surface area (Å²) >= 11 is 0. The third kappa shape index (κ3) is 2.88. The Morgan fingerprint density at radius 3 is 2.71 bits per heavy atom. The van der Waals surface area contributed by atoms with Gasteiger partial charge in [0, 0.05) is 12.8 Å². The number of rotatable bonds is 4. The zero-order valence-electron chi connectivity index (χ0n) is 12.3. The van der Waals surface area contributed by atoms with Crippen LogP contribution in [0.2, 0.25) is 0 Å². The minimum atomic E-state index is -0.107. The predicted molar refractivity (Wildman–Crippen MR) is 80.3 cm³/mol. The molecule has 1 fully saturated rings. The van der Waals surface area contributed by atoms with Crippen molar-refractivity contribution in [1.82, 2.24) is 9.55 Å². The van der Waals surface area contributed by atoms with Gasteiger partial charge < -0.3 is 4.90 Å². The summed E-state index contributed by atoms with van der Waals surface area (Å²) in [5, 5.41) is 0.582. The summed E-state index contributed by atoms with van der Waals surface area (Å²) in [7, 11) is 0. The van der Waals surface area contributed by atoms with Crippen molar-refractivity contribution in [3.8, 4) is 0 Å². The van der Waals surface area contributed by atoms with E-state index in [9.17, 15) is 9.59 Å². The third-order valence-electron chi connectivity index (χ3n) is 4.04. The first-order valence-corrected chi connectivity index (χ1v) is 7.46. The van der Waals surface area contributed by atoms with Crippen LogP contribution in [0.5, 0.6) is 0 Å². The van der Waals surface area contributed by atoms with Crippen LogP contribution in [0.4, 0.5) is 0 Å². The number of hydrogen-bond acceptors (Lipinski definition) is 3. The van der Waals surface area contributed by atoms with Gasteiger partial charge in [0.25, 0.3) is 5.56 Å². The number of fused-ring (bicyclic) bond motifs is 1. The van der Waals surface area contributed by atoms with Gasteiger partial charge in [-0.15, -0.1) is 0 Å². The number of Topliss-reactive ketones (excluding diaryl/α,β-unsaturated/α-hetero) is 1. The zero-order valence-corrected chi connectivity index (χ0v) is 12.3. The number of quaternary nitrogens is 1. The molecule has 1 saturated heterocycles. The predicted octanol–water partition coefficient (Wildman–Crippen LogP) is 0.164. The number of aromatic nitrogens is 2. The van der Waals surface area contributed by atoms with Crippen molar-refractivity contribution in [3.63, 3.8) is 0 Å². The molecule has 1 aromatic carbocycles. The maximum atomic E-state index is 12.6. The number of nitrogens with zero attached hydrogens (tertiary/aromatic N) is 2. The third-order valence-corrected chi connectivity index (χ3v) is 4.04. The molecule has 1 aliphatic rings. The molecular weight excluding hydrogens is 266 g/mol. The molecule has 0 amide bonds. The fraction of sp³-hybridized carbons (Fsp3) is 0.438. The van der Waals surface area contributed by atoms with Crippen molar-refractivity contribution >= 4 is 16.7 Å². The smallest absolute Gasteiger partial charge is 0.261 e. The molecule has 2 aromatic rings. The van der Waals surface area contributed by atoms with Crippen LogP contribution in [0.1, 0.15) is 25.6 Å². The van der Waals surface area contributed by atoms with E-state index in [0.717, 1.165) is 24.4 Å². The Balaban J connectivity index is 2.10. The molecule has 0 bridgehead atoms. The molecule has 1 aromatic heterocycles. The van der Waals surface area contributed by atoms with Gasteiger partial charge >= 0.3 is 0 Å². The topological polar surface area (TPSA) is 56.4 Å². The summed E-state index contributed by atoms with van der Waals surface area (Å²) in [6.07, 6.45) is 2.44. The lowest BCUT2D eigenvalue weighted by molar-refractivity contribution is -0.902. The van der Waals surface area contributed by atoms with Crippen LogP contribution in [0.15, 0.2) is 29.1 Å². The van der Waals surface area contributed by atoms with Crippen LogP contribution < -0.4 is 10.5 Å². The molecule has 21 heavy (non-hydrogen) atoms. The normalized spacial score (nSPS) is 15.7. The van der Waals surface area contributed by atoms with Crippen molar-refractivity contribution < 1.29 is 9.69 Å². The van der Waals surface area contributed by atoms with Crippen molar-refractivity contribution in [3.05, 3.63) is 40.4 Å². The molecule has 0 unspecified atom stereocenters. The fourth-order valence-electron chi connectivity index (χ4n) is 3.01. The first-order valence-electron chi connectivity index (χ1n) is 7.46. The van der Waals surface area contributed by atoms with Gasteiger partial charge in [0.05, 0.1) is 30.5 Å². The molecule has 0 atom stereocenters. The number of likely N-dealkylation sites (tertiary alicyclic amines) is 1. The maximum Gasteiger partial charge on any atom is 0.261 e. The Hall–Kier alpha value is -2.01. The monoisotopic (exact) mass is 286 g/mol. The fourth-order valence-corrected chi connectivity index (χ4v) is 3.01. The molecule has 5 nitrogen and oxygen atoms in total. The van der Waals surface area contributed by atoms with Crippen LogP contribution in [-0.2, 0) is 17.9 Å². The van der Waals surface area contributed by atoms with Crippen molar-refractivity contribution in [2.24, 2.45) is 0 Å². The minimum Gasteiger partial charge on any atom is -0.329 e. The molecule has 0 aliphatic carbocycles. The lowest BCUT2D eigenvalue weighted by atomic mass is 10.2. The number of benzene rings is 1. The van der Waals surface area contributed by atoms with Gasteiger partial charge in [-0.3, -0.25) is 14.2 Å². The number of para-hydroxylation sites is 1. The Labute approximate surface area is 123 Å². The SMILES string of the molecule is CC(=O)Cn1c(C[NH+]2CCCC2)nc2ccccc2c1=O. The Kier molecular flexibility index (Phi) is 3.84. The van der Waals surface area contributed by atoms with Crippen LogP contribution in [-0.4, -0.2) is 28.4 Å². The average molecular weight is 286 g/mol. The van der Waals surface area contributed by atoms with Crippen LogP contribution in [0, 0.1) is 0 Å². The van der Waals surface area contributed by atoms with Crippen molar-refractivity contribution in [2.75, 3.05) is 13.1 Å². The van der Waals surface area contributed by atoms with E-state index < -0.39 is 0 Å². The number of carbonyl (C=O) groups is 1. The first kappa shape index (κ1) is 13.9. The largest absolute Gasteiger partial charge is 0.329 e. The molecule has 1 N–H and O–H groups in total. The molecule has 0 saturated carbocycles. The lowest BCUT2D eigenvalue weighted by Gasteiger charge is -2.16. The molecule has 5 heteroatoms. The van der Waals surface area contributed by atoms with Crippen molar-refractivity contribution in [2.45, 2.75) is 32.9 Å². The van der Waals surface area contributed by atoms with Crippen LogP contribution in [0.25, 0.3) is 10.9 Å². The first-order chi connectivity index (χ1) is 10.1. The zero-order chi connectivity index (χ0) is 14.8. The Morgan fingerprint density at radius 1 is 1.29 bits per heavy atom. The van der Waals surface area contributed by atoms with Crippen molar-refractivity contribution in [1.29, 1.82) is 0 Å². The van der Waals surface area contributed by atoms with Gasteiger partial charge in [-0.1, -0.05) is 12.1 Å². The summed E-state index contributed by atoms with van der Waals surface area (Å²) in [5.74, 6) is 0.706. The summed E-state index contributed by atoms with van der Waals surface area (Å²) in [5.41, 5.74) is 0.611. The molecule has 110 valence electrons. The second-order valence-electron chi connectivity index (χ2n) is 5.77. The summed E-state index contributed by atoms with van der Waals surface area (Å²) in [6, 6.07) is 7.34. The molecule has 2 heterocycles. The molecule has 0 spiro atoms. The van der Waals surface area contributed by atoms with E-state index in [1.807, 2.05) is 18.2 Å². The van der Waals surface area contributed by atoms with Gasteiger partial charge in [-0.05, 0) is 19.1 Å². The standard InChI is InChI=1S/C16H19N3O2/c1-12(20)10-19-15(11-18-8-4-5-9-18)17-14-7-3-2-6-13(14)16(19)21/h2-3,6-7H,4-5,8-11H2,1H3/p+1. The second kappa shape index (κ2) is 5.77. The van der Waals surface area contributed by atoms with Gasteiger partial charge in [0.2, 0.25) is 0 Å². The lowest BCUT2D eigenvalue weighted by Crippen LogP contribution is -3.08. The van der Waals surface area contributed by atoms with Gasteiger partial charge in [-0.25, -0.2) is 4.98 Å². The Bertz CT molecular complexity index is 730. The molecule has 1 aliphatic heterocycles. The van der Waals surface area contributed by atoms with E-state index >= 15 is 0 Å². The molecule has 3 rings (SSSR count). The minimum absolute atomic E-state index is 0.0214. The number of carbonyl (C=O) groups excluding carboxylic acids is 1.